The van der Waals surface area contributed by atoms with Gasteiger partial charge in [0.1, 0.15) is 28.6 Å². The molecule has 146 valence electrons. The summed E-state index contributed by atoms with van der Waals surface area (Å²) in [4.78, 5) is 16.6. The number of ether oxygens (including phenoxy) is 1. The first-order chi connectivity index (χ1) is 13.3. The molecule has 0 N–H and O–H groups in total. The number of pyridine rings is 1. The Morgan fingerprint density at radius 1 is 1.29 bits per heavy atom. The van der Waals surface area contributed by atoms with Gasteiger partial charge in [-0.2, -0.15) is 0 Å². The van der Waals surface area contributed by atoms with E-state index in [1.54, 1.807) is 13.8 Å². The standard InChI is InChI=1S/C20H20FN3O3S/c1-12-7-5-6-8-16(12)20(23-28(4)26)27-14(3)17-10-15(21)11-24-18(25)9-13(2)22-19(17)24/h5-11,14H,1-4H3/b23-20+. The van der Waals surface area contributed by atoms with Crippen molar-refractivity contribution >= 4 is 22.5 Å². The van der Waals surface area contributed by atoms with E-state index in [4.69, 9.17) is 4.74 Å². The van der Waals surface area contributed by atoms with Crippen LogP contribution in [0.1, 0.15) is 35.4 Å². The van der Waals surface area contributed by atoms with Gasteiger partial charge < -0.3 is 4.74 Å². The molecule has 0 spiro atoms. The second kappa shape index (κ2) is 8.02. The normalized spacial score (nSPS) is 14.1. The maximum atomic E-state index is 14.2. The van der Waals surface area contributed by atoms with Crippen LogP contribution in [-0.4, -0.2) is 25.7 Å². The minimum absolute atomic E-state index is 0.184. The fourth-order valence-corrected chi connectivity index (χ4v) is 3.28. The van der Waals surface area contributed by atoms with Crippen LogP contribution in [0.4, 0.5) is 4.39 Å². The molecule has 28 heavy (non-hydrogen) atoms. The number of aromatic nitrogens is 2. The lowest BCUT2D eigenvalue weighted by molar-refractivity contribution is 0.214. The first kappa shape index (κ1) is 19.9. The molecule has 0 saturated carbocycles. The predicted octanol–water partition coefficient (Wildman–Crippen LogP) is 3.27. The summed E-state index contributed by atoms with van der Waals surface area (Å²) in [5, 5.41) is 0. The second-order valence-electron chi connectivity index (χ2n) is 6.44. The summed E-state index contributed by atoms with van der Waals surface area (Å²) in [5.41, 5.74) is 2.43. The van der Waals surface area contributed by atoms with E-state index in [1.165, 1.54) is 18.4 Å². The number of hydrogen-bond donors (Lipinski definition) is 0. The molecule has 0 bridgehead atoms. The van der Waals surface area contributed by atoms with Crippen molar-refractivity contribution in [3.8, 4) is 0 Å². The van der Waals surface area contributed by atoms with Gasteiger partial charge in [0, 0.05) is 35.3 Å². The van der Waals surface area contributed by atoms with Gasteiger partial charge in [0.15, 0.2) is 0 Å². The molecule has 0 saturated heterocycles. The molecule has 8 heteroatoms. The summed E-state index contributed by atoms with van der Waals surface area (Å²) in [7, 11) is -1.50. The molecular formula is C20H20FN3O3S. The lowest BCUT2D eigenvalue weighted by Gasteiger charge is -2.19. The number of hydrogen-bond acceptors (Lipinski definition) is 4. The molecule has 2 unspecified atom stereocenters. The summed E-state index contributed by atoms with van der Waals surface area (Å²) in [6.07, 6.45) is 1.84. The molecule has 1 aromatic carbocycles. The fourth-order valence-electron chi connectivity index (χ4n) is 2.90. The molecule has 0 radical (unpaired) electrons. The minimum atomic E-state index is -1.50. The maximum absolute atomic E-state index is 14.2. The van der Waals surface area contributed by atoms with Gasteiger partial charge in [-0.15, -0.1) is 4.40 Å². The molecule has 0 aliphatic heterocycles. The molecular weight excluding hydrogens is 381 g/mol. The first-order valence-corrected chi connectivity index (χ1v) is 10.1. The average Bonchev–Trinajstić information content (AvgIpc) is 2.61. The summed E-state index contributed by atoms with van der Waals surface area (Å²) in [6, 6.07) is 10.0. The highest BCUT2D eigenvalue weighted by Gasteiger charge is 2.19. The molecule has 6 nitrogen and oxygen atoms in total. The van der Waals surface area contributed by atoms with Gasteiger partial charge in [-0.3, -0.25) is 9.20 Å². The van der Waals surface area contributed by atoms with Crippen LogP contribution in [0, 0.1) is 19.7 Å². The topological polar surface area (TPSA) is 73.0 Å². The Morgan fingerprint density at radius 3 is 2.68 bits per heavy atom. The van der Waals surface area contributed by atoms with Crippen LogP contribution in [0.15, 0.2) is 51.8 Å². The zero-order valence-electron chi connectivity index (χ0n) is 16.0. The van der Waals surface area contributed by atoms with Crippen LogP contribution in [0.25, 0.3) is 5.65 Å². The van der Waals surface area contributed by atoms with Crippen molar-refractivity contribution < 1.29 is 13.3 Å². The van der Waals surface area contributed by atoms with E-state index in [0.29, 0.717) is 22.5 Å². The van der Waals surface area contributed by atoms with E-state index in [9.17, 15) is 13.4 Å². The van der Waals surface area contributed by atoms with Gasteiger partial charge in [0.25, 0.3) is 5.56 Å². The highest BCUT2D eigenvalue weighted by molar-refractivity contribution is 7.83. The van der Waals surface area contributed by atoms with Gasteiger partial charge in [0.2, 0.25) is 5.90 Å². The maximum Gasteiger partial charge on any atom is 0.258 e. The van der Waals surface area contributed by atoms with E-state index in [0.717, 1.165) is 16.2 Å². The van der Waals surface area contributed by atoms with Gasteiger partial charge in [-0.05, 0) is 38.5 Å². The van der Waals surface area contributed by atoms with Crippen molar-refractivity contribution in [3.05, 3.63) is 81.2 Å². The summed E-state index contributed by atoms with van der Waals surface area (Å²) < 4.78 is 37.1. The van der Waals surface area contributed by atoms with Gasteiger partial charge >= 0.3 is 0 Å². The number of benzene rings is 1. The Labute approximate surface area is 164 Å². The van der Waals surface area contributed by atoms with Gasteiger partial charge in [0.05, 0.1) is 0 Å². The monoisotopic (exact) mass is 401 g/mol. The third-order valence-corrected chi connectivity index (χ3v) is 4.62. The Morgan fingerprint density at radius 2 is 2.00 bits per heavy atom. The summed E-state index contributed by atoms with van der Waals surface area (Å²) >= 11 is 0. The van der Waals surface area contributed by atoms with Crippen LogP contribution >= 0.6 is 0 Å². The van der Waals surface area contributed by atoms with E-state index in [-0.39, 0.29) is 11.5 Å². The third-order valence-electron chi connectivity index (χ3n) is 4.20. The molecule has 0 aliphatic rings. The molecule has 2 aromatic heterocycles. The zero-order valence-corrected chi connectivity index (χ0v) is 16.8. The Balaban J connectivity index is 2.11. The summed E-state index contributed by atoms with van der Waals surface area (Å²) in [5.74, 6) is -0.400. The van der Waals surface area contributed by atoms with Crippen molar-refractivity contribution in [2.75, 3.05) is 6.26 Å². The number of rotatable bonds is 4. The molecule has 3 aromatic rings. The lowest BCUT2D eigenvalue weighted by atomic mass is 10.1. The van der Waals surface area contributed by atoms with Crippen LogP contribution in [0.5, 0.6) is 0 Å². The Hall–Kier alpha value is -2.87. The van der Waals surface area contributed by atoms with Gasteiger partial charge in [-0.25, -0.2) is 13.6 Å². The second-order valence-corrected chi connectivity index (χ2v) is 7.47. The van der Waals surface area contributed by atoms with Crippen LogP contribution in [-0.2, 0) is 15.7 Å². The highest BCUT2D eigenvalue weighted by atomic mass is 32.2. The van der Waals surface area contributed by atoms with Crippen LogP contribution in [0.3, 0.4) is 0 Å². The van der Waals surface area contributed by atoms with Crippen molar-refractivity contribution in [1.82, 2.24) is 9.38 Å². The number of halogens is 1. The smallest absolute Gasteiger partial charge is 0.258 e. The number of fused-ring (bicyclic) bond motifs is 1. The lowest BCUT2D eigenvalue weighted by Crippen LogP contribution is -2.19. The van der Waals surface area contributed by atoms with Gasteiger partial charge in [-0.1, -0.05) is 18.2 Å². The molecule has 0 aliphatic carbocycles. The van der Waals surface area contributed by atoms with Crippen LogP contribution < -0.4 is 5.56 Å². The van der Waals surface area contributed by atoms with Crippen LogP contribution in [0.2, 0.25) is 0 Å². The first-order valence-electron chi connectivity index (χ1n) is 8.60. The molecule has 2 heterocycles. The minimum Gasteiger partial charge on any atom is -0.469 e. The largest absolute Gasteiger partial charge is 0.469 e. The highest BCUT2D eigenvalue weighted by Crippen LogP contribution is 2.24. The van der Waals surface area contributed by atoms with Crippen molar-refractivity contribution in [2.45, 2.75) is 26.9 Å². The Bertz CT molecular complexity index is 1160. The number of aryl methyl sites for hydroxylation is 2. The molecule has 2 atom stereocenters. The molecule has 0 amide bonds. The van der Waals surface area contributed by atoms with E-state index in [1.807, 2.05) is 31.2 Å². The van der Waals surface area contributed by atoms with Crippen molar-refractivity contribution in [1.29, 1.82) is 0 Å². The average molecular weight is 401 g/mol. The van der Waals surface area contributed by atoms with Crippen molar-refractivity contribution in [2.24, 2.45) is 4.40 Å². The Kier molecular flexibility index (Phi) is 5.69. The summed E-state index contributed by atoms with van der Waals surface area (Å²) in [6.45, 7) is 5.29. The quantitative estimate of drug-likeness (QED) is 0.497. The van der Waals surface area contributed by atoms with E-state index in [2.05, 4.69) is 9.38 Å². The third kappa shape index (κ3) is 4.17. The zero-order chi connectivity index (χ0) is 20.4. The fraction of sp³-hybridized carbons (Fsp3) is 0.250. The predicted molar refractivity (Wildman–Crippen MR) is 107 cm³/mol. The molecule has 3 rings (SSSR count). The van der Waals surface area contributed by atoms with E-state index < -0.39 is 22.9 Å². The molecule has 0 fully saturated rings. The van der Waals surface area contributed by atoms with Crippen molar-refractivity contribution in [3.63, 3.8) is 0 Å². The van der Waals surface area contributed by atoms with E-state index >= 15 is 0 Å². The SMILES string of the molecule is Cc1cc(=O)n2cc(F)cc(C(C)O/C(=N/S(C)=O)c3ccccc3C)c2n1. The number of nitrogens with zero attached hydrogens (tertiary/aromatic N) is 3.